The molecule has 0 spiro atoms. The zero-order valence-corrected chi connectivity index (χ0v) is 16.4. The Labute approximate surface area is 152 Å². The van der Waals surface area contributed by atoms with Crippen molar-refractivity contribution in [3.63, 3.8) is 0 Å². The van der Waals surface area contributed by atoms with Crippen molar-refractivity contribution < 1.29 is 4.79 Å². The fraction of sp³-hybridized carbons (Fsp3) is 0.632. The van der Waals surface area contributed by atoms with E-state index in [2.05, 4.69) is 68.4 Å². The first-order valence-corrected chi connectivity index (χ1v) is 8.77. The van der Waals surface area contributed by atoms with Gasteiger partial charge in [0.15, 0.2) is 0 Å². The monoisotopic (exact) mass is 353 g/mol. The number of carbonyl (C=O) groups excluding carboxylic acids is 1. The third-order valence-electron chi connectivity index (χ3n) is 4.62. The minimum absolute atomic E-state index is 0. The van der Waals surface area contributed by atoms with Crippen LogP contribution in [0.3, 0.4) is 0 Å². The molecular formula is C19H32ClN3O. The minimum atomic E-state index is 0. The Kier molecular flexibility index (Phi) is 8.20. The van der Waals surface area contributed by atoms with E-state index < -0.39 is 0 Å². The molecule has 0 aliphatic carbocycles. The molecule has 1 heterocycles. The Bertz CT molecular complexity index is 519. The number of benzene rings is 1. The van der Waals surface area contributed by atoms with Gasteiger partial charge >= 0.3 is 0 Å². The van der Waals surface area contributed by atoms with Gasteiger partial charge in [0.1, 0.15) is 0 Å². The number of hydrogen-bond donors (Lipinski definition) is 2. The molecule has 136 valence electrons. The van der Waals surface area contributed by atoms with Crippen LogP contribution in [0.5, 0.6) is 0 Å². The van der Waals surface area contributed by atoms with Gasteiger partial charge in [0.25, 0.3) is 0 Å². The first-order valence-electron chi connectivity index (χ1n) is 8.77. The van der Waals surface area contributed by atoms with Crippen LogP contribution in [0, 0.1) is 0 Å². The molecule has 0 unspecified atom stereocenters. The van der Waals surface area contributed by atoms with Crippen molar-refractivity contribution in [3.05, 3.63) is 29.3 Å². The minimum Gasteiger partial charge on any atom is -0.324 e. The Morgan fingerprint density at radius 1 is 1.25 bits per heavy atom. The molecule has 1 aliphatic heterocycles. The normalized spacial score (nSPS) is 18.5. The fourth-order valence-corrected chi connectivity index (χ4v) is 3.18. The number of halogens is 1. The summed E-state index contributed by atoms with van der Waals surface area (Å²) in [6.07, 6.45) is 0. The maximum atomic E-state index is 12.6. The lowest BCUT2D eigenvalue weighted by Crippen LogP contribution is -2.52. The third kappa shape index (κ3) is 5.20. The van der Waals surface area contributed by atoms with E-state index in [0.29, 0.717) is 24.4 Å². The Morgan fingerprint density at radius 2 is 1.83 bits per heavy atom. The Balaban J connectivity index is 0.00000288. The summed E-state index contributed by atoms with van der Waals surface area (Å²) in [5.41, 5.74) is 3.46. The lowest BCUT2D eigenvalue weighted by molar-refractivity contribution is -0.118. The summed E-state index contributed by atoms with van der Waals surface area (Å²) >= 11 is 0. The highest BCUT2D eigenvalue weighted by Crippen LogP contribution is 2.32. The van der Waals surface area contributed by atoms with Crippen LogP contribution in [0.25, 0.3) is 0 Å². The highest BCUT2D eigenvalue weighted by Gasteiger charge is 2.22. The van der Waals surface area contributed by atoms with Crippen molar-refractivity contribution in [2.75, 3.05) is 31.5 Å². The summed E-state index contributed by atoms with van der Waals surface area (Å²) < 4.78 is 0. The van der Waals surface area contributed by atoms with Gasteiger partial charge in [-0.15, -0.1) is 12.4 Å². The number of rotatable bonds is 5. The maximum Gasteiger partial charge on any atom is 0.238 e. The molecule has 1 aliphatic rings. The number of anilines is 1. The van der Waals surface area contributed by atoms with Gasteiger partial charge in [-0.3, -0.25) is 9.69 Å². The number of nitrogens with zero attached hydrogens (tertiary/aromatic N) is 1. The van der Waals surface area contributed by atoms with E-state index in [1.165, 1.54) is 11.1 Å². The van der Waals surface area contributed by atoms with Gasteiger partial charge in [-0.05, 0) is 29.9 Å². The van der Waals surface area contributed by atoms with Crippen LogP contribution in [-0.4, -0.2) is 43.0 Å². The SMILES string of the molecule is CC(C)c1cccc(C(C)C)c1NC(=O)CN1CCNC[C@H]1C.Cl. The summed E-state index contributed by atoms with van der Waals surface area (Å²) in [5.74, 6) is 0.873. The van der Waals surface area contributed by atoms with E-state index in [-0.39, 0.29) is 18.3 Å². The van der Waals surface area contributed by atoms with Gasteiger partial charge < -0.3 is 10.6 Å². The second-order valence-corrected chi connectivity index (χ2v) is 7.19. The van der Waals surface area contributed by atoms with Crippen LogP contribution in [-0.2, 0) is 4.79 Å². The third-order valence-corrected chi connectivity index (χ3v) is 4.62. The van der Waals surface area contributed by atoms with E-state index in [0.717, 1.165) is 25.3 Å². The number of amides is 1. The molecule has 1 saturated heterocycles. The van der Waals surface area contributed by atoms with E-state index in [4.69, 9.17) is 0 Å². The van der Waals surface area contributed by atoms with Crippen molar-refractivity contribution >= 4 is 24.0 Å². The topological polar surface area (TPSA) is 44.4 Å². The summed E-state index contributed by atoms with van der Waals surface area (Å²) in [6.45, 7) is 14.2. The van der Waals surface area contributed by atoms with Crippen LogP contribution in [0.4, 0.5) is 5.69 Å². The van der Waals surface area contributed by atoms with Gasteiger partial charge in [-0.25, -0.2) is 0 Å². The molecule has 1 aromatic rings. The van der Waals surface area contributed by atoms with Crippen molar-refractivity contribution in [2.45, 2.75) is 52.5 Å². The standard InChI is InChI=1S/C19H31N3O.ClH/c1-13(2)16-7-6-8-17(14(3)4)19(16)21-18(23)12-22-10-9-20-11-15(22)5;/h6-8,13-15,20H,9-12H2,1-5H3,(H,21,23);1H/t15-;/m1./s1. The first-order chi connectivity index (χ1) is 10.9. The predicted molar refractivity (Wildman–Crippen MR) is 104 cm³/mol. The molecule has 0 bridgehead atoms. The van der Waals surface area contributed by atoms with Crippen LogP contribution in [0.1, 0.15) is 57.6 Å². The van der Waals surface area contributed by atoms with Gasteiger partial charge in [-0.1, -0.05) is 45.9 Å². The smallest absolute Gasteiger partial charge is 0.238 e. The largest absolute Gasteiger partial charge is 0.324 e. The van der Waals surface area contributed by atoms with Crippen LogP contribution in [0.15, 0.2) is 18.2 Å². The average Bonchev–Trinajstić information content (AvgIpc) is 2.49. The molecule has 2 rings (SSSR count). The number of carbonyl (C=O) groups is 1. The molecule has 1 atom stereocenters. The quantitative estimate of drug-likeness (QED) is 0.850. The first kappa shape index (κ1) is 20.9. The number of para-hydroxylation sites is 1. The van der Waals surface area contributed by atoms with Crippen molar-refractivity contribution in [1.29, 1.82) is 0 Å². The summed E-state index contributed by atoms with van der Waals surface area (Å²) in [4.78, 5) is 14.9. The Hall–Kier alpha value is -1.10. The van der Waals surface area contributed by atoms with E-state index in [1.807, 2.05) is 0 Å². The second kappa shape index (κ2) is 9.40. The highest BCUT2D eigenvalue weighted by molar-refractivity contribution is 5.94. The van der Waals surface area contributed by atoms with Crippen molar-refractivity contribution in [1.82, 2.24) is 10.2 Å². The Morgan fingerprint density at radius 3 is 2.33 bits per heavy atom. The molecule has 1 aromatic carbocycles. The fourth-order valence-electron chi connectivity index (χ4n) is 3.18. The lowest BCUT2D eigenvalue weighted by atomic mass is 9.92. The zero-order valence-electron chi connectivity index (χ0n) is 15.6. The highest BCUT2D eigenvalue weighted by atomic mass is 35.5. The maximum absolute atomic E-state index is 12.6. The summed E-state index contributed by atoms with van der Waals surface area (Å²) in [7, 11) is 0. The molecule has 2 N–H and O–H groups in total. The number of piperazine rings is 1. The molecule has 4 nitrogen and oxygen atoms in total. The summed E-state index contributed by atoms with van der Waals surface area (Å²) in [6, 6.07) is 6.75. The van der Waals surface area contributed by atoms with Crippen LogP contribution >= 0.6 is 12.4 Å². The second-order valence-electron chi connectivity index (χ2n) is 7.19. The molecule has 24 heavy (non-hydrogen) atoms. The average molecular weight is 354 g/mol. The molecule has 0 radical (unpaired) electrons. The molecule has 5 heteroatoms. The van der Waals surface area contributed by atoms with E-state index in [1.54, 1.807) is 0 Å². The van der Waals surface area contributed by atoms with Crippen molar-refractivity contribution in [2.24, 2.45) is 0 Å². The molecule has 1 fully saturated rings. The zero-order chi connectivity index (χ0) is 17.0. The number of nitrogens with one attached hydrogen (secondary N) is 2. The molecule has 0 saturated carbocycles. The van der Waals surface area contributed by atoms with Gasteiger partial charge in [0, 0.05) is 31.4 Å². The van der Waals surface area contributed by atoms with Gasteiger partial charge in [-0.2, -0.15) is 0 Å². The summed E-state index contributed by atoms with van der Waals surface area (Å²) in [5, 5.41) is 6.57. The molecular weight excluding hydrogens is 322 g/mol. The van der Waals surface area contributed by atoms with E-state index in [9.17, 15) is 4.79 Å². The van der Waals surface area contributed by atoms with E-state index >= 15 is 0 Å². The van der Waals surface area contributed by atoms with Crippen LogP contribution in [0.2, 0.25) is 0 Å². The predicted octanol–water partition coefficient (Wildman–Crippen LogP) is 3.59. The lowest BCUT2D eigenvalue weighted by Gasteiger charge is -2.33. The van der Waals surface area contributed by atoms with Crippen molar-refractivity contribution in [3.8, 4) is 0 Å². The molecule has 1 amide bonds. The van der Waals surface area contributed by atoms with Crippen LogP contribution < -0.4 is 10.6 Å². The number of hydrogen-bond acceptors (Lipinski definition) is 3. The van der Waals surface area contributed by atoms with Gasteiger partial charge in [0.2, 0.25) is 5.91 Å². The van der Waals surface area contributed by atoms with Gasteiger partial charge in [0.05, 0.1) is 6.54 Å². The molecule has 0 aromatic heterocycles.